The zero-order valence-electron chi connectivity index (χ0n) is 18.0. The minimum absolute atomic E-state index is 0.00514. The molecule has 5 nitrogen and oxygen atoms in total. The highest BCUT2D eigenvalue weighted by Crippen LogP contribution is 2.41. The highest BCUT2D eigenvalue weighted by atomic mass is 19.1. The molecule has 1 amide bonds. The van der Waals surface area contributed by atoms with E-state index in [1.807, 2.05) is 37.3 Å². The van der Waals surface area contributed by atoms with E-state index in [1.54, 1.807) is 18.2 Å². The SMILES string of the molecule is CC1Cc2cc(/C(O)=C3\C(=O)C(=O)N(Cc4ccccc4)C3c3ccc(F)cc3)ccc2O1. The fourth-order valence-corrected chi connectivity index (χ4v) is 4.54. The second kappa shape index (κ2) is 8.20. The Labute approximate surface area is 190 Å². The van der Waals surface area contributed by atoms with Gasteiger partial charge in [-0.25, -0.2) is 4.39 Å². The number of halogens is 1. The summed E-state index contributed by atoms with van der Waals surface area (Å²) in [7, 11) is 0. The van der Waals surface area contributed by atoms with Crippen LogP contribution in [0.1, 0.15) is 35.2 Å². The number of carbonyl (C=O) groups is 2. The first-order valence-corrected chi connectivity index (χ1v) is 10.8. The smallest absolute Gasteiger partial charge is 0.295 e. The van der Waals surface area contributed by atoms with Crippen molar-refractivity contribution in [3.05, 3.63) is 106 Å². The van der Waals surface area contributed by atoms with E-state index < -0.39 is 23.5 Å². The Morgan fingerprint density at radius 1 is 1.06 bits per heavy atom. The van der Waals surface area contributed by atoms with Crippen LogP contribution in [-0.4, -0.2) is 27.8 Å². The van der Waals surface area contributed by atoms with Gasteiger partial charge in [0.25, 0.3) is 11.7 Å². The number of ketones is 1. The van der Waals surface area contributed by atoms with Gasteiger partial charge < -0.3 is 14.7 Å². The largest absolute Gasteiger partial charge is 0.507 e. The van der Waals surface area contributed by atoms with Crippen LogP contribution >= 0.6 is 0 Å². The van der Waals surface area contributed by atoms with E-state index in [9.17, 15) is 19.1 Å². The van der Waals surface area contributed by atoms with E-state index >= 15 is 0 Å². The number of amides is 1. The van der Waals surface area contributed by atoms with Crippen molar-refractivity contribution >= 4 is 17.4 Å². The molecule has 2 unspecified atom stereocenters. The van der Waals surface area contributed by atoms with Crippen molar-refractivity contribution in [2.24, 2.45) is 0 Å². The molecule has 2 aliphatic rings. The predicted octanol–water partition coefficient (Wildman–Crippen LogP) is 4.77. The maximum Gasteiger partial charge on any atom is 0.295 e. The first-order valence-electron chi connectivity index (χ1n) is 10.8. The summed E-state index contributed by atoms with van der Waals surface area (Å²) >= 11 is 0. The number of aliphatic hydroxyl groups is 1. The lowest BCUT2D eigenvalue weighted by Crippen LogP contribution is -2.29. The number of benzene rings is 3. The van der Waals surface area contributed by atoms with Crippen LogP contribution in [0.15, 0.2) is 78.4 Å². The van der Waals surface area contributed by atoms with Gasteiger partial charge in [0, 0.05) is 18.5 Å². The van der Waals surface area contributed by atoms with Crippen molar-refractivity contribution in [2.75, 3.05) is 0 Å². The summed E-state index contributed by atoms with van der Waals surface area (Å²) in [4.78, 5) is 27.6. The molecule has 1 N–H and O–H groups in total. The van der Waals surface area contributed by atoms with Gasteiger partial charge in [-0.15, -0.1) is 0 Å². The number of hydrogen-bond donors (Lipinski definition) is 1. The predicted molar refractivity (Wildman–Crippen MR) is 121 cm³/mol. The first-order chi connectivity index (χ1) is 15.9. The third kappa shape index (κ3) is 3.78. The molecule has 3 aromatic rings. The van der Waals surface area contributed by atoms with Gasteiger partial charge in [-0.3, -0.25) is 9.59 Å². The number of Topliss-reactive ketones (excluding diaryl/α,β-unsaturated/α-hetero) is 1. The molecule has 6 heteroatoms. The van der Waals surface area contributed by atoms with Crippen molar-refractivity contribution in [1.82, 2.24) is 4.90 Å². The number of nitrogens with zero attached hydrogens (tertiary/aromatic N) is 1. The maximum atomic E-state index is 13.6. The molecule has 1 saturated heterocycles. The summed E-state index contributed by atoms with van der Waals surface area (Å²) in [5.41, 5.74) is 2.76. The van der Waals surface area contributed by atoms with E-state index in [0.29, 0.717) is 17.5 Å². The van der Waals surface area contributed by atoms with Crippen LogP contribution in [0.5, 0.6) is 5.75 Å². The normalized spacial score (nSPS) is 21.2. The Balaban J connectivity index is 1.62. The number of rotatable bonds is 4. The summed E-state index contributed by atoms with van der Waals surface area (Å²) in [5.74, 6) is -1.39. The van der Waals surface area contributed by atoms with Gasteiger partial charge in [0.05, 0.1) is 11.6 Å². The zero-order chi connectivity index (χ0) is 23.1. The number of fused-ring (bicyclic) bond motifs is 1. The van der Waals surface area contributed by atoms with E-state index in [4.69, 9.17) is 4.74 Å². The average Bonchev–Trinajstić information content (AvgIpc) is 3.31. The summed E-state index contributed by atoms with van der Waals surface area (Å²) < 4.78 is 19.4. The second-order valence-corrected chi connectivity index (χ2v) is 8.42. The fourth-order valence-electron chi connectivity index (χ4n) is 4.54. The van der Waals surface area contributed by atoms with Crippen LogP contribution in [0.4, 0.5) is 4.39 Å². The van der Waals surface area contributed by atoms with Gasteiger partial charge in [-0.1, -0.05) is 42.5 Å². The molecule has 2 aliphatic heterocycles. The molecule has 5 rings (SSSR count). The third-order valence-electron chi connectivity index (χ3n) is 6.09. The average molecular weight is 443 g/mol. The summed E-state index contributed by atoms with van der Waals surface area (Å²) in [6, 6.07) is 19.3. The highest BCUT2D eigenvalue weighted by molar-refractivity contribution is 6.46. The Morgan fingerprint density at radius 3 is 2.52 bits per heavy atom. The summed E-state index contributed by atoms with van der Waals surface area (Å²) in [6.45, 7) is 2.14. The molecule has 0 bridgehead atoms. The van der Waals surface area contributed by atoms with Gasteiger partial charge in [-0.05, 0) is 53.9 Å². The lowest BCUT2D eigenvalue weighted by molar-refractivity contribution is -0.140. The molecule has 0 aromatic heterocycles. The van der Waals surface area contributed by atoms with Crippen molar-refractivity contribution in [3.63, 3.8) is 0 Å². The van der Waals surface area contributed by atoms with Crippen LogP contribution < -0.4 is 4.74 Å². The Bertz CT molecular complexity index is 1270. The van der Waals surface area contributed by atoms with Gasteiger partial charge in [0.15, 0.2) is 0 Å². The van der Waals surface area contributed by atoms with E-state index in [2.05, 4.69) is 0 Å². The quantitative estimate of drug-likeness (QED) is 0.358. The standard InChI is InChI=1S/C27H22FNO4/c1-16-13-20-14-19(9-12-22(20)33-16)25(30)23-24(18-7-10-21(28)11-8-18)29(27(32)26(23)31)15-17-5-3-2-4-6-17/h2-12,14,16,24,30H,13,15H2,1H3/b25-23+. The Kier molecular flexibility index (Phi) is 5.21. The van der Waals surface area contributed by atoms with Gasteiger partial charge >= 0.3 is 0 Å². The van der Waals surface area contributed by atoms with Gasteiger partial charge in [0.2, 0.25) is 0 Å². The molecule has 0 aliphatic carbocycles. The fraction of sp³-hybridized carbons (Fsp3) is 0.185. The highest BCUT2D eigenvalue weighted by Gasteiger charge is 2.46. The Morgan fingerprint density at radius 2 is 1.79 bits per heavy atom. The van der Waals surface area contributed by atoms with E-state index in [0.717, 1.165) is 16.9 Å². The molecular weight excluding hydrogens is 421 g/mol. The molecular formula is C27H22FNO4. The molecule has 3 aromatic carbocycles. The van der Waals surface area contributed by atoms with Gasteiger partial charge in [-0.2, -0.15) is 0 Å². The topological polar surface area (TPSA) is 66.8 Å². The molecule has 1 fully saturated rings. The van der Waals surface area contributed by atoms with E-state index in [-0.39, 0.29) is 24.0 Å². The zero-order valence-corrected chi connectivity index (χ0v) is 18.0. The van der Waals surface area contributed by atoms with Crippen molar-refractivity contribution in [1.29, 1.82) is 0 Å². The minimum atomic E-state index is -0.839. The maximum absolute atomic E-state index is 13.6. The van der Waals surface area contributed by atoms with Crippen molar-refractivity contribution in [3.8, 4) is 5.75 Å². The monoisotopic (exact) mass is 443 g/mol. The minimum Gasteiger partial charge on any atom is -0.507 e. The number of ether oxygens (including phenoxy) is 1. The third-order valence-corrected chi connectivity index (χ3v) is 6.09. The molecule has 166 valence electrons. The molecule has 0 saturated carbocycles. The van der Waals surface area contributed by atoms with Crippen LogP contribution in [0.25, 0.3) is 5.76 Å². The second-order valence-electron chi connectivity index (χ2n) is 8.42. The molecule has 2 atom stereocenters. The van der Waals surface area contributed by atoms with Crippen LogP contribution in [0, 0.1) is 5.82 Å². The molecule has 33 heavy (non-hydrogen) atoms. The van der Waals surface area contributed by atoms with Crippen LogP contribution in [0.2, 0.25) is 0 Å². The lowest BCUT2D eigenvalue weighted by atomic mass is 9.94. The number of hydrogen-bond acceptors (Lipinski definition) is 4. The van der Waals surface area contributed by atoms with Crippen LogP contribution in [0.3, 0.4) is 0 Å². The number of aliphatic hydroxyl groups excluding tert-OH is 1. The number of carbonyl (C=O) groups excluding carboxylic acids is 2. The Hall–Kier alpha value is -3.93. The van der Waals surface area contributed by atoms with Crippen LogP contribution in [-0.2, 0) is 22.6 Å². The number of likely N-dealkylation sites (tertiary alicyclic amines) is 1. The lowest BCUT2D eigenvalue weighted by Gasteiger charge is -2.25. The van der Waals surface area contributed by atoms with Crippen molar-refractivity contribution < 1.29 is 23.8 Å². The molecule has 0 spiro atoms. The van der Waals surface area contributed by atoms with Crippen molar-refractivity contribution in [2.45, 2.75) is 32.0 Å². The summed E-state index contributed by atoms with van der Waals surface area (Å²) in [5, 5.41) is 11.2. The summed E-state index contributed by atoms with van der Waals surface area (Å²) in [6.07, 6.45) is 0.730. The first kappa shape index (κ1) is 20.9. The molecule has 0 radical (unpaired) electrons. The van der Waals surface area contributed by atoms with E-state index in [1.165, 1.54) is 29.2 Å². The molecule has 2 heterocycles. The van der Waals surface area contributed by atoms with Gasteiger partial charge in [0.1, 0.15) is 23.4 Å².